The summed E-state index contributed by atoms with van der Waals surface area (Å²) in [5.74, 6) is 0. The van der Waals surface area contributed by atoms with E-state index in [4.69, 9.17) is 0 Å². The normalized spacial score (nSPS) is 16.8. The number of nitrogens with zero attached hydrogens (tertiary/aromatic N) is 3. The van der Waals surface area contributed by atoms with E-state index in [9.17, 15) is 5.21 Å². The van der Waals surface area contributed by atoms with Crippen LogP contribution in [0.15, 0.2) is 6.07 Å². The van der Waals surface area contributed by atoms with Crippen LogP contribution in [0.4, 0.5) is 5.69 Å². The molecule has 0 saturated carbocycles. The van der Waals surface area contributed by atoms with Gasteiger partial charge >= 0.3 is 0 Å². The molecule has 82 valence electrons. The number of hydrogen-bond acceptors (Lipinski definition) is 3. The van der Waals surface area contributed by atoms with Gasteiger partial charge < -0.3 is 10.1 Å². The first-order chi connectivity index (χ1) is 7.18. The van der Waals surface area contributed by atoms with Crippen LogP contribution in [0.1, 0.15) is 30.7 Å². The molecule has 0 amide bonds. The molecule has 0 atom stereocenters. The van der Waals surface area contributed by atoms with Crippen LogP contribution in [0.5, 0.6) is 0 Å². The Balaban J connectivity index is 2.30. The molecular weight excluding hydrogens is 190 g/mol. The van der Waals surface area contributed by atoms with Gasteiger partial charge in [0.15, 0.2) is 0 Å². The minimum atomic E-state index is 0.668. The SMILES string of the molecule is Cc1n[n+]([O-])c(C)cc1N1CCCCC1. The second-order valence-corrected chi connectivity index (χ2v) is 4.18. The van der Waals surface area contributed by atoms with E-state index >= 15 is 0 Å². The van der Waals surface area contributed by atoms with Crippen molar-refractivity contribution in [3.63, 3.8) is 0 Å². The topological polar surface area (TPSA) is 43.1 Å². The summed E-state index contributed by atoms with van der Waals surface area (Å²) < 4.78 is 0. The highest BCUT2D eigenvalue weighted by Gasteiger charge is 2.17. The summed E-state index contributed by atoms with van der Waals surface area (Å²) in [5.41, 5.74) is 2.62. The molecule has 0 spiro atoms. The molecule has 2 rings (SSSR count). The molecular formula is C11H17N3O. The number of rotatable bonds is 1. The van der Waals surface area contributed by atoms with Crippen LogP contribution in [-0.2, 0) is 0 Å². The zero-order valence-corrected chi connectivity index (χ0v) is 9.36. The predicted molar refractivity (Wildman–Crippen MR) is 58.7 cm³/mol. The Bertz CT molecular complexity index is 359. The van der Waals surface area contributed by atoms with Gasteiger partial charge in [-0.1, -0.05) is 4.85 Å². The lowest BCUT2D eigenvalue weighted by Gasteiger charge is -2.29. The van der Waals surface area contributed by atoms with Crippen molar-refractivity contribution in [3.8, 4) is 0 Å². The Kier molecular flexibility index (Phi) is 2.75. The molecule has 1 aliphatic heterocycles. The van der Waals surface area contributed by atoms with Gasteiger partial charge in [-0.3, -0.25) is 0 Å². The van der Waals surface area contributed by atoms with Crippen molar-refractivity contribution in [3.05, 3.63) is 22.7 Å². The number of piperidine rings is 1. The standard InChI is InChI=1S/C11H17N3O/c1-9-8-11(10(2)12-14(9)15)13-6-4-3-5-7-13/h8H,3-7H2,1-2H3. The zero-order chi connectivity index (χ0) is 10.8. The van der Waals surface area contributed by atoms with Gasteiger partial charge in [0.05, 0.1) is 5.69 Å². The maximum atomic E-state index is 11.3. The number of anilines is 1. The summed E-state index contributed by atoms with van der Waals surface area (Å²) in [7, 11) is 0. The van der Waals surface area contributed by atoms with Crippen LogP contribution >= 0.6 is 0 Å². The fourth-order valence-corrected chi connectivity index (χ4v) is 2.08. The van der Waals surface area contributed by atoms with Crippen LogP contribution in [0.2, 0.25) is 0 Å². The Morgan fingerprint density at radius 3 is 2.60 bits per heavy atom. The average molecular weight is 207 g/mol. The lowest BCUT2D eigenvalue weighted by Crippen LogP contribution is -2.38. The molecule has 0 aromatic carbocycles. The fraction of sp³-hybridized carbons (Fsp3) is 0.636. The van der Waals surface area contributed by atoms with Gasteiger partial charge in [-0.2, -0.15) is 0 Å². The van der Waals surface area contributed by atoms with E-state index in [-0.39, 0.29) is 0 Å². The van der Waals surface area contributed by atoms with E-state index in [2.05, 4.69) is 10.00 Å². The van der Waals surface area contributed by atoms with Gasteiger partial charge in [0, 0.05) is 31.2 Å². The first kappa shape index (κ1) is 10.2. The minimum absolute atomic E-state index is 0.668. The Morgan fingerprint density at radius 2 is 1.93 bits per heavy atom. The third kappa shape index (κ3) is 2.03. The number of aromatic nitrogens is 2. The molecule has 1 aromatic rings. The molecule has 1 saturated heterocycles. The molecule has 4 nitrogen and oxygen atoms in total. The second-order valence-electron chi connectivity index (χ2n) is 4.18. The average Bonchev–Trinajstić information content (AvgIpc) is 2.25. The molecule has 2 heterocycles. The van der Waals surface area contributed by atoms with Gasteiger partial charge in [0.2, 0.25) is 5.69 Å². The van der Waals surface area contributed by atoms with Crippen LogP contribution in [0, 0.1) is 19.1 Å². The van der Waals surface area contributed by atoms with Gasteiger partial charge in [0.25, 0.3) is 0 Å². The van der Waals surface area contributed by atoms with Gasteiger partial charge in [-0.05, 0) is 26.2 Å². The van der Waals surface area contributed by atoms with Crippen LogP contribution < -0.4 is 9.75 Å². The highest BCUT2D eigenvalue weighted by atomic mass is 16.5. The molecule has 15 heavy (non-hydrogen) atoms. The first-order valence-electron chi connectivity index (χ1n) is 5.51. The van der Waals surface area contributed by atoms with Crippen LogP contribution in [0.25, 0.3) is 0 Å². The van der Waals surface area contributed by atoms with E-state index in [0.29, 0.717) is 10.5 Å². The van der Waals surface area contributed by atoms with Gasteiger partial charge in [-0.15, -0.1) is 0 Å². The van der Waals surface area contributed by atoms with Crippen molar-refractivity contribution in [2.45, 2.75) is 33.1 Å². The summed E-state index contributed by atoms with van der Waals surface area (Å²) >= 11 is 0. The highest BCUT2D eigenvalue weighted by molar-refractivity contribution is 5.49. The third-order valence-electron chi connectivity index (χ3n) is 2.96. The summed E-state index contributed by atoms with van der Waals surface area (Å²) in [6, 6.07) is 1.95. The van der Waals surface area contributed by atoms with Crippen molar-refractivity contribution in [2.75, 3.05) is 18.0 Å². The molecule has 0 aliphatic carbocycles. The number of aryl methyl sites for hydroxylation is 2. The minimum Gasteiger partial charge on any atom is -0.594 e. The number of hydrogen-bond donors (Lipinski definition) is 0. The van der Waals surface area contributed by atoms with E-state index < -0.39 is 0 Å². The van der Waals surface area contributed by atoms with Gasteiger partial charge in [-0.25, -0.2) is 0 Å². The summed E-state index contributed by atoms with van der Waals surface area (Å²) in [5, 5.41) is 15.2. The van der Waals surface area contributed by atoms with Crippen LogP contribution in [0.3, 0.4) is 0 Å². The molecule has 1 aliphatic rings. The van der Waals surface area contributed by atoms with Crippen molar-refractivity contribution < 1.29 is 4.85 Å². The van der Waals surface area contributed by atoms with E-state index in [1.54, 1.807) is 6.92 Å². The molecule has 4 heteroatoms. The van der Waals surface area contributed by atoms with Crippen LogP contribution in [-0.4, -0.2) is 18.2 Å². The molecule has 1 fully saturated rings. The summed E-state index contributed by atoms with van der Waals surface area (Å²) in [6.07, 6.45) is 3.80. The molecule has 0 unspecified atom stereocenters. The monoisotopic (exact) mass is 207 g/mol. The van der Waals surface area contributed by atoms with Crippen molar-refractivity contribution in [1.29, 1.82) is 0 Å². The fourth-order valence-electron chi connectivity index (χ4n) is 2.08. The van der Waals surface area contributed by atoms with E-state index in [1.807, 2.05) is 13.0 Å². The van der Waals surface area contributed by atoms with E-state index in [1.165, 1.54) is 19.3 Å². The lowest BCUT2D eigenvalue weighted by atomic mass is 10.1. The Labute approximate surface area is 90.1 Å². The first-order valence-corrected chi connectivity index (χ1v) is 5.51. The Hall–Kier alpha value is -1.32. The zero-order valence-electron chi connectivity index (χ0n) is 9.36. The molecule has 0 bridgehead atoms. The largest absolute Gasteiger partial charge is 0.594 e. The molecule has 0 N–H and O–H groups in total. The second kappa shape index (κ2) is 4.04. The highest BCUT2D eigenvalue weighted by Crippen LogP contribution is 2.21. The van der Waals surface area contributed by atoms with Crippen molar-refractivity contribution in [1.82, 2.24) is 5.10 Å². The summed E-state index contributed by atoms with van der Waals surface area (Å²) in [6.45, 7) is 5.88. The smallest absolute Gasteiger partial charge is 0.220 e. The van der Waals surface area contributed by atoms with Crippen molar-refractivity contribution >= 4 is 5.69 Å². The maximum Gasteiger partial charge on any atom is 0.220 e. The lowest BCUT2D eigenvalue weighted by molar-refractivity contribution is -0.675. The van der Waals surface area contributed by atoms with Gasteiger partial charge in [0.1, 0.15) is 5.69 Å². The summed E-state index contributed by atoms with van der Waals surface area (Å²) in [4.78, 5) is 3.03. The third-order valence-corrected chi connectivity index (χ3v) is 2.96. The Morgan fingerprint density at radius 1 is 1.27 bits per heavy atom. The maximum absolute atomic E-state index is 11.3. The van der Waals surface area contributed by atoms with E-state index in [0.717, 1.165) is 24.5 Å². The predicted octanol–water partition coefficient (Wildman–Crippen LogP) is 1.32. The van der Waals surface area contributed by atoms with Crippen molar-refractivity contribution in [2.24, 2.45) is 0 Å². The quantitative estimate of drug-likeness (QED) is 0.515. The molecule has 0 radical (unpaired) electrons. The molecule has 1 aromatic heterocycles.